The summed E-state index contributed by atoms with van der Waals surface area (Å²) in [5.74, 6) is -0.269. The van der Waals surface area contributed by atoms with Gasteiger partial charge in [-0.05, 0) is 37.3 Å². The molecular formula is C17H16F3N5O2. The van der Waals surface area contributed by atoms with Crippen molar-refractivity contribution in [3.05, 3.63) is 42.1 Å². The highest BCUT2D eigenvalue weighted by atomic mass is 19.4. The Hall–Kier alpha value is -3.30. The molecule has 0 aliphatic carbocycles. The lowest BCUT2D eigenvalue weighted by Crippen LogP contribution is -2.22. The standard InChI is InChI=1S/C17H16F3N5O2/c1-2-27-15(26)10-3-5-11(6-4-10)23-16-24-13-12(7-8-21-13)14(25-16)22-9-17(18,19)20/h3-8H,2,9H2,1H3,(H3,21,22,23,24,25). The van der Waals surface area contributed by atoms with Crippen molar-refractivity contribution in [1.82, 2.24) is 15.0 Å². The second-order valence-corrected chi connectivity index (χ2v) is 5.53. The molecule has 7 nitrogen and oxygen atoms in total. The zero-order chi connectivity index (χ0) is 19.4. The number of fused-ring (bicyclic) bond motifs is 1. The highest BCUT2D eigenvalue weighted by Crippen LogP contribution is 2.24. The quantitative estimate of drug-likeness (QED) is 0.564. The highest BCUT2D eigenvalue weighted by Gasteiger charge is 2.27. The van der Waals surface area contributed by atoms with E-state index in [9.17, 15) is 18.0 Å². The minimum Gasteiger partial charge on any atom is -0.462 e. The lowest BCUT2D eigenvalue weighted by Gasteiger charge is -2.12. The van der Waals surface area contributed by atoms with Crippen LogP contribution in [0.15, 0.2) is 36.5 Å². The Morgan fingerprint density at radius 3 is 2.59 bits per heavy atom. The summed E-state index contributed by atoms with van der Waals surface area (Å²) in [4.78, 5) is 22.9. The third-order valence-corrected chi connectivity index (χ3v) is 3.52. The maximum atomic E-state index is 12.5. The number of carbonyl (C=O) groups excluding carboxylic acids is 1. The molecule has 0 aliphatic rings. The molecule has 27 heavy (non-hydrogen) atoms. The van der Waals surface area contributed by atoms with Crippen LogP contribution in [0.3, 0.4) is 0 Å². The number of rotatable bonds is 6. The molecule has 0 spiro atoms. The van der Waals surface area contributed by atoms with Gasteiger partial charge >= 0.3 is 12.1 Å². The molecule has 1 aromatic carbocycles. The molecule has 0 atom stereocenters. The smallest absolute Gasteiger partial charge is 0.405 e. The van der Waals surface area contributed by atoms with E-state index in [1.54, 1.807) is 43.5 Å². The lowest BCUT2D eigenvalue weighted by molar-refractivity contribution is -0.115. The number of carbonyl (C=O) groups is 1. The van der Waals surface area contributed by atoms with Crippen LogP contribution >= 0.6 is 0 Å². The normalized spacial score (nSPS) is 11.4. The number of anilines is 3. The molecule has 0 radical (unpaired) electrons. The van der Waals surface area contributed by atoms with Gasteiger partial charge in [-0.15, -0.1) is 0 Å². The number of H-pyrrole nitrogens is 1. The van der Waals surface area contributed by atoms with Crippen molar-refractivity contribution in [2.75, 3.05) is 23.8 Å². The van der Waals surface area contributed by atoms with Gasteiger partial charge in [0.2, 0.25) is 5.95 Å². The summed E-state index contributed by atoms with van der Waals surface area (Å²) in [7, 11) is 0. The van der Waals surface area contributed by atoms with E-state index in [0.717, 1.165) is 0 Å². The topological polar surface area (TPSA) is 91.9 Å². The second-order valence-electron chi connectivity index (χ2n) is 5.53. The molecule has 0 saturated heterocycles. The highest BCUT2D eigenvalue weighted by molar-refractivity contribution is 5.90. The third-order valence-electron chi connectivity index (χ3n) is 3.52. The first kappa shape index (κ1) is 18.5. The summed E-state index contributed by atoms with van der Waals surface area (Å²) in [5, 5.41) is 5.63. The van der Waals surface area contributed by atoms with Gasteiger partial charge in [0.05, 0.1) is 17.6 Å². The Bertz CT molecular complexity index is 938. The average Bonchev–Trinajstić information content (AvgIpc) is 3.08. The molecule has 0 fully saturated rings. The van der Waals surface area contributed by atoms with E-state index in [4.69, 9.17) is 4.74 Å². The molecule has 0 bridgehead atoms. The summed E-state index contributed by atoms with van der Waals surface area (Å²) in [6.45, 7) is 0.779. The number of halogens is 3. The first-order valence-corrected chi connectivity index (χ1v) is 8.05. The fourth-order valence-electron chi connectivity index (χ4n) is 2.35. The van der Waals surface area contributed by atoms with Crippen molar-refractivity contribution in [3.8, 4) is 0 Å². The Kier molecular flexibility index (Phi) is 5.15. The largest absolute Gasteiger partial charge is 0.462 e. The Labute approximate surface area is 152 Å². The Morgan fingerprint density at radius 1 is 1.19 bits per heavy atom. The molecule has 0 aliphatic heterocycles. The molecule has 10 heteroatoms. The third kappa shape index (κ3) is 4.66. The van der Waals surface area contributed by atoms with Crippen LogP contribution < -0.4 is 10.6 Å². The van der Waals surface area contributed by atoms with Gasteiger partial charge in [0.25, 0.3) is 0 Å². The number of aromatic amines is 1. The number of esters is 1. The molecule has 142 valence electrons. The van der Waals surface area contributed by atoms with E-state index < -0.39 is 18.7 Å². The van der Waals surface area contributed by atoms with Gasteiger partial charge in [0.1, 0.15) is 18.0 Å². The van der Waals surface area contributed by atoms with Crippen molar-refractivity contribution in [1.29, 1.82) is 0 Å². The maximum absolute atomic E-state index is 12.5. The van der Waals surface area contributed by atoms with Crippen LogP contribution in [0.25, 0.3) is 11.0 Å². The van der Waals surface area contributed by atoms with Crippen molar-refractivity contribution in [2.45, 2.75) is 13.1 Å². The zero-order valence-electron chi connectivity index (χ0n) is 14.2. The molecular weight excluding hydrogens is 363 g/mol. The molecule has 2 aromatic heterocycles. The van der Waals surface area contributed by atoms with Gasteiger partial charge in [0, 0.05) is 11.9 Å². The van der Waals surface area contributed by atoms with E-state index in [1.165, 1.54) is 0 Å². The summed E-state index contributed by atoms with van der Waals surface area (Å²) in [6.07, 6.45) is -2.81. The van der Waals surface area contributed by atoms with Crippen LogP contribution in [0.5, 0.6) is 0 Å². The van der Waals surface area contributed by atoms with Crippen LogP contribution in [0.2, 0.25) is 0 Å². The van der Waals surface area contributed by atoms with Crippen molar-refractivity contribution in [3.63, 3.8) is 0 Å². The van der Waals surface area contributed by atoms with Gasteiger partial charge in [-0.2, -0.15) is 23.1 Å². The number of aromatic nitrogens is 3. The Morgan fingerprint density at radius 2 is 1.93 bits per heavy atom. The number of hydrogen-bond donors (Lipinski definition) is 3. The van der Waals surface area contributed by atoms with E-state index in [0.29, 0.717) is 22.3 Å². The summed E-state index contributed by atoms with van der Waals surface area (Å²) in [6, 6.07) is 7.97. The Balaban J connectivity index is 1.81. The minimum absolute atomic E-state index is 0.0595. The molecule has 2 heterocycles. The fourth-order valence-corrected chi connectivity index (χ4v) is 2.35. The molecule has 3 N–H and O–H groups in total. The number of ether oxygens (including phenoxy) is 1. The molecule has 0 unspecified atom stereocenters. The van der Waals surface area contributed by atoms with E-state index in [2.05, 4.69) is 25.6 Å². The number of alkyl halides is 3. The summed E-state index contributed by atoms with van der Waals surface area (Å²) in [5.41, 5.74) is 1.34. The summed E-state index contributed by atoms with van der Waals surface area (Å²) >= 11 is 0. The predicted octanol–water partition coefficient (Wildman–Crippen LogP) is 3.85. The SMILES string of the molecule is CCOC(=O)c1ccc(Nc2nc(NCC(F)(F)F)c3cc[nH]c3n2)cc1. The molecule has 0 saturated carbocycles. The van der Waals surface area contributed by atoms with Crippen molar-refractivity contribution >= 4 is 34.5 Å². The first-order chi connectivity index (χ1) is 12.9. The van der Waals surface area contributed by atoms with Gasteiger partial charge in [-0.25, -0.2) is 4.79 Å². The second kappa shape index (κ2) is 7.52. The zero-order valence-corrected chi connectivity index (χ0v) is 14.2. The van der Waals surface area contributed by atoms with E-state index >= 15 is 0 Å². The van der Waals surface area contributed by atoms with Crippen molar-refractivity contribution in [2.24, 2.45) is 0 Å². The van der Waals surface area contributed by atoms with Gasteiger partial charge < -0.3 is 20.4 Å². The maximum Gasteiger partial charge on any atom is 0.405 e. The van der Waals surface area contributed by atoms with Crippen molar-refractivity contribution < 1.29 is 22.7 Å². The predicted molar refractivity (Wildman–Crippen MR) is 94.1 cm³/mol. The van der Waals surface area contributed by atoms with E-state index in [1.807, 2.05) is 0 Å². The van der Waals surface area contributed by atoms with Crippen LogP contribution in [0.1, 0.15) is 17.3 Å². The molecule has 3 aromatic rings. The first-order valence-electron chi connectivity index (χ1n) is 8.05. The summed E-state index contributed by atoms with van der Waals surface area (Å²) < 4.78 is 42.4. The lowest BCUT2D eigenvalue weighted by atomic mass is 10.2. The van der Waals surface area contributed by atoms with Gasteiger partial charge in [-0.3, -0.25) is 0 Å². The average molecular weight is 379 g/mol. The number of nitrogens with one attached hydrogen (secondary N) is 3. The van der Waals surface area contributed by atoms with Crippen LogP contribution in [-0.4, -0.2) is 40.2 Å². The number of nitrogens with zero attached hydrogens (tertiary/aromatic N) is 2. The van der Waals surface area contributed by atoms with Gasteiger partial charge in [0.15, 0.2) is 0 Å². The van der Waals surface area contributed by atoms with Crippen LogP contribution in [0.4, 0.5) is 30.6 Å². The number of hydrogen-bond acceptors (Lipinski definition) is 6. The number of benzene rings is 1. The van der Waals surface area contributed by atoms with Gasteiger partial charge in [-0.1, -0.05) is 0 Å². The molecule has 3 rings (SSSR count). The van der Waals surface area contributed by atoms with E-state index in [-0.39, 0.29) is 18.4 Å². The van der Waals surface area contributed by atoms with Crippen LogP contribution in [-0.2, 0) is 4.74 Å². The monoisotopic (exact) mass is 379 g/mol. The van der Waals surface area contributed by atoms with Crippen LogP contribution in [0, 0.1) is 0 Å². The molecule has 0 amide bonds. The fraction of sp³-hybridized carbons (Fsp3) is 0.235. The minimum atomic E-state index is -4.37.